The van der Waals surface area contributed by atoms with Crippen molar-refractivity contribution in [2.24, 2.45) is 0 Å². The Labute approximate surface area is 148 Å². The highest BCUT2D eigenvalue weighted by Gasteiger charge is 2.26. The predicted molar refractivity (Wildman–Crippen MR) is 105 cm³/mol. The lowest BCUT2D eigenvalue weighted by molar-refractivity contribution is -0.927. The molecule has 0 aromatic rings. The van der Waals surface area contributed by atoms with Crippen molar-refractivity contribution in [2.45, 2.75) is 60.0 Å². The van der Waals surface area contributed by atoms with Gasteiger partial charge in [-0.15, -0.1) is 0 Å². The summed E-state index contributed by atoms with van der Waals surface area (Å²) in [7, 11) is 0. The van der Waals surface area contributed by atoms with Gasteiger partial charge in [-0.2, -0.15) is 0 Å². The van der Waals surface area contributed by atoms with Crippen molar-refractivity contribution < 1.29 is 9.59 Å². The number of unbranched alkanes of at least 4 members (excludes halogenated alkanes) is 2. The standard InChI is InChI=1S/C17H37N2OS2/c1-6-11-12-13-19(9-4,10-5)14-16(20)15-22-17(21)18(7-2)8-3/h16,20H,6-15H2,1-5H3/q+1. The molecule has 0 aliphatic heterocycles. The van der Waals surface area contributed by atoms with Crippen LogP contribution in [0, 0.1) is 0 Å². The van der Waals surface area contributed by atoms with Crippen molar-refractivity contribution in [1.29, 1.82) is 0 Å². The molecule has 0 saturated heterocycles. The van der Waals surface area contributed by atoms with E-state index in [0.717, 1.165) is 41.5 Å². The van der Waals surface area contributed by atoms with Gasteiger partial charge in [0.05, 0.1) is 19.6 Å². The fraction of sp³-hybridized carbons (Fsp3) is 0.941. The average molecular weight is 350 g/mol. The zero-order valence-electron chi connectivity index (χ0n) is 15.3. The second-order valence-corrected chi connectivity index (χ2v) is 7.64. The fourth-order valence-electron chi connectivity index (χ4n) is 2.83. The van der Waals surface area contributed by atoms with Crippen molar-refractivity contribution in [3.05, 3.63) is 0 Å². The highest BCUT2D eigenvalue weighted by Crippen LogP contribution is 2.16. The van der Waals surface area contributed by atoms with Crippen molar-refractivity contribution in [3.8, 4) is 0 Å². The van der Waals surface area contributed by atoms with Gasteiger partial charge in [0, 0.05) is 18.8 Å². The Balaban J connectivity index is 4.38. The maximum atomic E-state index is 10.5. The molecule has 1 atom stereocenters. The van der Waals surface area contributed by atoms with Gasteiger partial charge in [-0.25, -0.2) is 0 Å². The summed E-state index contributed by atoms with van der Waals surface area (Å²) in [6.07, 6.45) is 3.52. The van der Waals surface area contributed by atoms with E-state index in [1.165, 1.54) is 25.8 Å². The van der Waals surface area contributed by atoms with Crippen molar-refractivity contribution >= 4 is 28.3 Å². The largest absolute Gasteiger partial charge is 0.386 e. The summed E-state index contributed by atoms with van der Waals surface area (Å²) < 4.78 is 1.95. The molecule has 0 fully saturated rings. The lowest BCUT2D eigenvalue weighted by Crippen LogP contribution is -2.53. The monoisotopic (exact) mass is 349 g/mol. The highest BCUT2D eigenvalue weighted by molar-refractivity contribution is 8.22. The molecule has 0 aliphatic carbocycles. The molecule has 0 aromatic heterocycles. The number of aliphatic hydroxyl groups is 1. The molecule has 0 rings (SSSR count). The minimum absolute atomic E-state index is 0.278. The first kappa shape index (κ1) is 22.2. The fourth-order valence-corrected chi connectivity index (χ4v) is 4.17. The first-order valence-electron chi connectivity index (χ1n) is 8.93. The number of aliphatic hydroxyl groups excluding tert-OH is 1. The summed E-state index contributed by atoms with van der Waals surface area (Å²) in [5.41, 5.74) is 0. The summed E-state index contributed by atoms with van der Waals surface area (Å²) >= 11 is 7.08. The molecule has 0 bridgehead atoms. The van der Waals surface area contributed by atoms with Gasteiger partial charge in [-0.1, -0.05) is 37.3 Å². The zero-order chi connectivity index (χ0) is 17.0. The van der Waals surface area contributed by atoms with Crippen LogP contribution in [0.2, 0.25) is 0 Å². The van der Waals surface area contributed by atoms with Crippen LogP contribution in [-0.4, -0.2) is 69.9 Å². The topological polar surface area (TPSA) is 23.5 Å². The summed E-state index contributed by atoms with van der Waals surface area (Å²) in [6, 6.07) is 0. The number of thiocarbonyl (C=S) groups is 1. The van der Waals surface area contributed by atoms with Gasteiger partial charge >= 0.3 is 0 Å². The SMILES string of the molecule is CCCCC[N+](CC)(CC)CC(O)CSC(=S)N(CC)CC. The van der Waals surface area contributed by atoms with Gasteiger partial charge in [-0.05, 0) is 40.5 Å². The Morgan fingerprint density at radius 1 is 1.09 bits per heavy atom. The number of hydrogen-bond donors (Lipinski definition) is 1. The molecule has 3 nitrogen and oxygen atoms in total. The number of thioether (sulfide) groups is 1. The van der Waals surface area contributed by atoms with Crippen LogP contribution in [0.3, 0.4) is 0 Å². The van der Waals surface area contributed by atoms with Crippen LogP contribution in [-0.2, 0) is 0 Å². The smallest absolute Gasteiger partial charge is 0.136 e. The molecule has 0 spiro atoms. The van der Waals surface area contributed by atoms with E-state index in [2.05, 4.69) is 39.5 Å². The molecule has 1 N–H and O–H groups in total. The van der Waals surface area contributed by atoms with Gasteiger partial charge in [0.25, 0.3) is 0 Å². The average Bonchev–Trinajstić information content (AvgIpc) is 2.53. The second-order valence-electron chi connectivity index (χ2n) is 5.99. The van der Waals surface area contributed by atoms with E-state index in [-0.39, 0.29) is 6.10 Å². The minimum atomic E-state index is -0.278. The summed E-state index contributed by atoms with van der Waals surface area (Å²) in [5, 5.41) is 10.5. The summed E-state index contributed by atoms with van der Waals surface area (Å²) in [5.74, 6) is 0.711. The van der Waals surface area contributed by atoms with Gasteiger partial charge < -0.3 is 14.5 Å². The van der Waals surface area contributed by atoms with E-state index in [1.807, 2.05) is 0 Å². The van der Waals surface area contributed by atoms with Crippen LogP contribution >= 0.6 is 24.0 Å². The first-order chi connectivity index (χ1) is 10.5. The Bertz CT molecular complexity index is 292. The molecular formula is C17H37N2OS2+. The molecule has 0 radical (unpaired) electrons. The Morgan fingerprint density at radius 2 is 1.68 bits per heavy atom. The van der Waals surface area contributed by atoms with Crippen molar-refractivity contribution in [1.82, 2.24) is 4.90 Å². The molecule has 0 heterocycles. The molecule has 22 heavy (non-hydrogen) atoms. The van der Waals surface area contributed by atoms with Gasteiger partial charge in [-0.3, -0.25) is 0 Å². The zero-order valence-corrected chi connectivity index (χ0v) is 16.9. The molecular weight excluding hydrogens is 312 g/mol. The molecule has 0 saturated carbocycles. The van der Waals surface area contributed by atoms with Crippen LogP contribution in [0.5, 0.6) is 0 Å². The maximum absolute atomic E-state index is 10.5. The van der Waals surface area contributed by atoms with E-state index in [1.54, 1.807) is 11.8 Å². The highest BCUT2D eigenvalue weighted by atomic mass is 32.2. The van der Waals surface area contributed by atoms with Crippen LogP contribution in [0.1, 0.15) is 53.9 Å². The third-order valence-corrected chi connectivity index (χ3v) is 6.26. The lowest BCUT2D eigenvalue weighted by Gasteiger charge is -2.38. The summed E-state index contributed by atoms with van der Waals surface area (Å²) in [4.78, 5) is 2.18. The van der Waals surface area contributed by atoms with Crippen LogP contribution in [0.15, 0.2) is 0 Å². The third-order valence-electron chi connectivity index (χ3n) is 4.60. The van der Waals surface area contributed by atoms with Crippen LogP contribution in [0.4, 0.5) is 0 Å². The van der Waals surface area contributed by atoms with E-state index < -0.39 is 0 Å². The third kappa shape index (κ3) is 8.14. The van der Waals surface area contributed by atoms with E-state index >= 15 is 0 Å². The first-order valence-corrected chi connectivity index (χ1v) is 10.3. The minimum Gasteiger partial charge on any atom is -0.386 e. The Kier molecular flexibility index (Phi) is 12.7. The molecule has 1 unspecified atom stereocenters. The van der Waals surface area contributed by atoms with Crippen molar-refractivity contribution in [2.75, 3.05) is 45.0 Å². The maximum Gasteiger partial charge on any atom is 0.136 e. The van der Waals surface area contributed by atoms with Crippen molar-refractivity contribution in [3.63, 3.8) is 0 Å². The van der Waals surface area contributed by atoms with Gasteiger partial charge in [0.2, 0.25) is 0 Å². The number of likely N-dealkylation sites (N-methyl/N-ethyl adjacent to an activating group) is 1. The number of quaternary nitrogens is 1. The second kappa shape index (κ2) is 12.6. The van der Waals surface area contributed by atoms with Gasteiger partial charge in [0.1, 0.15) is 17.0 Å². The predicted octanol–water partition coefficient (Wildman–Crippen LogP) is 3.75. The molecule has 0 aliphatic rings. The normalized spacial score (nSPS) is 13.2. The number of nitrogens with zero attached hydrogens (tertiary/aromatic N) is 2. The van der Waals surface area contributed by atoms with Gasteiger partial charge in [0.15, 0.2) is 0 Å². The number of rotatable bonds is 12. The van der Waals surface area contributed by atoms with Crippen LogP contribution in [0.25, 0.3) is 0 Å². The Hall–Kier alpha value is 0.160. The van der Waals surface area contributed by atoms with E-state index in [0.29, 0.717) is 5.75 Å². The molecule has 132 valence electrons. The van der Waals surface area contributed by atoms with E-state index in [4.69, 9.17) is 12.2 Å². The Morgan fingerprint density at radius 3 is 2.14 bits per heavy atom. The van der Waals surface area contributed by atoms with Crippen LogP contribution < -0.4 is 0 Å². The lowest BCUT2D eigenvalue weighted by atomic mass is 10.2. The quantitative estimate of drug-likeness (QED) is 0.329. The molecule has 0 amide bonds. The number of hydrogen-bond acceptors (Lipinski definition) is 3. The molecule has 5 heteroatoms. The van der Waals surface area contributed by atoms with E-state index in [9.17, 15) is 5.11 Å². The summed E-state index contributed by atoms with van der Waals surface area (Å²) in [6.45, 7) is 17.1. The molecule has 0 aromatic carbocycles.